The van der Waals surface area contributed by atoms with Crippen LogP contribution < -0.4 is 0 Å². The molecule has 2 heterocycles. The fourth-order valence-corrected chi connectivity index (χ4v) is 6.05. The van der Waals surface area contributed by atoms with Crippen molar-refractivity contribution in [2.24, 2.45) is 23.7 Å². The highest BCUT2D eigenvalue weighted by atomic mass is 16.6. The zero-order valence-electron chi connectivity index (χ0n) is 19.6. The standard InChI is InChI=1S/C26H37NO4/c1-16-9-8-11-19(27(16)25(29)31-26(3,4)5)13-14-21-20-12-7-6-10-18(20)15-22-23(21)17(2)30-24(22)28/h15-21,23H,6-12H2,1-5H3/t16-,17-,18+,19+,20+,21-,23+/m0/s1. The third-order valence-corrected chi connectivity index (χ3v) is 7.44. The maximum Gasteiger partial charge on any atom is 0.411 e. The summed E-state index contributed by atoms with van der Waals surface area (Å²) < 4.78 is 11.3. The Labute approximate surface area is 186 Å². The van der Waals surface area contributed by atoms with Gasteiger partial charge in [0, 0.05) is 23.5 Å². The molecular formula is C26H37NO4. The maximum absolute atomic E-state index is 13.0. The van der Waals surface area contributed by atoms with Crippen LogP contribution >= 0.6 is 0 Å². The Morgan fingerprint density at radius 3 is 2.58 bits per heavy atom. The van der Waals surface area contributed by atoms with E-state index in [1.165, 1.54) is 12.8 Å². The summed E-state index contributed by atoms with van der Waals surface area (Å²) in [6, 6.07) is -0.0224. The number of allylic oxidation sites excluding steroid dienone is 1. The van der Waals surface area contributed by atoms with Gasteiger partial charge in [0.25, 0.3) is 0 Å². The molecule has 31 heavy (non-hydrogen) atoms. The molecule has 5 heteroatoms. The highest BCUT2D eigenvalue weighted by Gasteiger charge is 2.49. The lowest BCUT2D eigenvalue weighted by Crippen LogP contribution is -2.50. The Hall–Kier alpha value is -1.96. The summed E-state index contributed by atoms with van der Waals surface area (Å²) in [4.78, 5) is 27.3. The minimum absolute atomic E-state index is 0.0512. The smallest absolute Gasteiger partial charge is 0.411 e. The van der Waals surface area contributed by atoms with E-state index in [0.29, 0.717) is 11.8 Å². The number of ether oxygens (including phenoxy) is 2. The van der Waals surface area contributed by atoms with Crippen LogP contribution in [0.15, 0.2) is 11.6 Å². The summed E-state index contributed by atoms with van der Waals surface area (Å²) >= 11 is 0. The van der Waals surface area contributed by atoms with E-state index in [-0.39, 0.29) is 42.1 Å². The van der Waals surface area contributed by atoms with Crippen molar-refractivity contribution in [2.45, 2.75) is 103 Å². The number of carbonyl (C=O) groups excluding carboxylic acids is 2. The number of likely N-dealkylation sites (tertiary alicyclic amines) is 1. The van der Waals surface area contributed by atoms with Crippen molar-refractivity contribution in [1.29, 1.82) is 0 Å². The van der Waals surface area contributed by atoms with Crippen LogP contribution in [0, 0.1) is 35.5 Å². The molecule has 1 amide bonds. The predicted molar refractivity (Wildman–Crippen MR) is 119 cm³/mol. The van der Waals surface area contributed by atoms with Gasteiger partial charge in [-0.2, -0.15) is 0 Å². The first kappa shape index (κ1) is 22.2. The van der Waals surface area contributed by atoms with Gasteiger partial charge in [0.1, 0.15) is 11.7 Å². The number of carbonyl (C=O) groups is 2. The molecule has 170 valence electrons. The van der Waals surface area contributed by atoms with E-state index in [2.05, 4.69) is 24.8 Å². The van der Waals surface area contributed by atoms with Crippen molar-refractivity contribution in [3.05, 3.63) is 11.6 Å². The van der Waals surface area contributed by atoms with E-state index in [9.17, 15) is 9.59 Å². The summed E-state index contributed by atoms with van der Waals surface area (Å²) in [7, 11) is 0. The molecule has 2 aliphatic carbocycles. The van der Waals surface area contributed by atoms with Gasteiger partial charge in [-0.25, -0.2) is 9.59 Å². The number of piperidine rings is 1. The number of fused-ring (bicyclic) bond motifs is 2. The molecular weight excluding hydrogens is 390 g/mol. The van der Waals surface area contributed by atoms with Gasteiger partial charge >= 0.3 is 12.1 Å². The summed E-state index contributed by atoms with van der Waals surface area (Å²) in [6.45, 7) is 9.78. The van der Waals surface area contributed by atoms with E-state index in [0.717, 1.165) is 37.7 Å². The van der Waals surface area contributed by atoms with Crippen molar-refractivity contribution in [3.8, 4) is 11.8 Å². The van der Waals surface area contributed by atoms with E-state index in [1.54, 1.807) is 0 Å². The molecule has 0 radical (unpaired) electrons. The Balaban J connectivity index is 1.62. The molecule has 0 aromatic heterocycles. The van der Waals surface area contributed by atoms with E-state index in [1.807, 2.05) is 32.6 Å². The topological polar surface area (TPSA) is 55.8 Å². The van der Waals surface area contributed by atoms with Crippen molar-refractivity contribution >= 4 is 12.1 Å². The van der Waals surface area contributed by atoms with Crippen LogP contribution in [-0.4, -0.2) is 40.8 Å². The number of esters is 1. The fraction of sp³-hybridized carbons (Fsp3) is 0.769. The van der Waals surface area contributed by atoms with E-state index >= 15 is 0 Å². The molecule has 5 nitrogen and oxygen atoms in total. The van der Waals surface area contributed by atoms with Crippen LogP contribution in [0.5, 0.6) is 0 Å². The van der Waals surface area contributed by atoms with Crippen LogP contribution in [0.2, 0.25) is 0 Å². The number of hydrogen-bond donors (Lipinski definition) is 0. The third-order valence-electron chi connectivity index (χ3n) is 7.44. The molecule has 2 saturated heterocycles. The number of amides is 1. The average molecular weight is 428 g/mol. The van der Waals surface area contributed by atoms with Gasteiger partial charge in [0.15, 0.2) is 0 Å². The molecule has 3 fully saturated rings. The SMILES string of the molecule is C[C@@H]1OC(=O)C2=C[C@H]3CCCC[C@H]3[C@H](C#C[C@H]3CCC[C@H](C)N3C(=O)OC(C)(C)C)[C@H]21. The van der Waals surface area contributed by atoms with Gasteiger partial charge in [-0.1, -0.05) is 30.8 Å². The van der Waals surface area contributed by atoms with Crippen LogP contribution in [0.4, 0.5) is 4.79 Å². The lowest BCUT2D eigenvalue weighted by Gasteiger charge is -2.41. The number of cyclic esters (lactones) is 1. The molecule has 1 saturated carbocycles. The Bertz CT molecular complexity index is 813. The molecule has 0 aromatic carbocycles. The lowest BCUT2D eigenvalue weighted by atomic mass is 9.62. The van der Waals surface area contributed by atoms with Crippen LogP contribution in [-0.2, 0) is 14.3 Å². The van der Waals surface area contributed by atoms with Gasteiger partial charge in [0.2, 0.25) is 0 Å². The highest BCUT2D eigenvalue weighted by Crippen LogP contribution is 2.49. The molecule has 0 spiro atoms. The third kappa shape index (κ3) is 4.49. The van der Waals surface area contributed by atoms with E-state index < -0.39 is 5.60 Å². The van der Waals surface area contributed by atoms with Crippen molar-refractivity contribution in [1.82, 2.24) is 4.90 Å². The maximum atomic E-state index is 13.0. The van der Waals surface area contributed by atoms with Crippen molar-refractivity contribution in [3.63, 3.8) is 0 Å². The largest absolute Gasteiger partial charge is 0.459 e. The summed E-state index contributed by atoms with van der Waals surface area (Å²) in [5.41, 5.74) is 0.317. The normalized spacial score (nSPS) is 37.6. The highest BCUT2D eigenvalue weighted by molar-refractivity contribution is 5.92. The van der Waals surface area contributed by atoms with Crippen molar-refractivity contribution in [2.75, 3.05) is 0 Å². The minimum atomic E-state index is -0.526. The summed E-state index contributed by atoms with van der Waals surface area (Å²) in [6.07, 6.45) is 9.43. The zero-order chi connectivity index (χ0) is 22.3. The molecule has 2 aliphatic heterocycles. The molecule has 0 bridgehead atoms. The second-order valence-electron chi connectivity index (χ2n) is 10.9. The second kappa shape index (κ2) is 8.52. The molecule has 0 unspecified atom stereocenters. The molecule has 4 rings (SSSR count). The first-order chi connectivity index (χ1) is 14.7. The van der Waals surface area contributed by atoms with Crippen LogP contribution in [0.3, 0.4) is 0 Å². The minimum Gasteiger partial charge on any atom is -0.459 e. The van der Waals surface area contributed by atoms with Gasteiger partial charge in [-0.05, 0) is 78.6 Å². The Kier molecular flexibility index (Phi) is 6.12. The molecule has 4 aliphatic rings. The fourth-order valence-electron chi connectivity index (χ4n) is 6.05. The molecule has 0 aromatic rings. The number of nitrogens with zero attached hydrogens (tertiary/aromatic N) is 1. The van der Waals surface area contributed by atoms with Gasteiger partial charge in [-0.15, -0.1) is 0 Å². The van der Waals surface area contributed by atoms with Gasteiger partial charge < -0.3 is 9.47 Å². The second-order valence-corrected chi connectivity index (χ2v) is 10.9. The Morgan fingerprint density at radius 2 is 1.84 bits per heavy atom. The Morgan fingerprint density at radius 1 is 1.10 bits per heavy atom. The predicted octanol–water partition coefficient (Wildman–Crippen LogP) is 5.09. The summed E-state index contributed by atoms with van der Waals surface area (Å²) in [5, 5.41) is 0. The zero-order valence-corrected chi connectivity index (χ0v) is 19.6. The summed E-state index contributed by atoms with van der Waals surface area (Å²) in [5.74, 6) is 8.01. The van der Waals surface area contributed by atoms with Gasteiger partial charge in [-0.3, -0.25) is 4.90 Å². The quantitative estimate of drug-likeness (QED) is 0.399. The average Bonchev–Trinajstić information content (AvgIpc) is 2.97. The van der Waals surface area contributed by atoms with Crippen LogP contribution in [0.25, 0.3) is 0 Å². The number of hydrogen-bond acceptors (Lipinski definition) is 4. The van der Waals surface area contributed by atoms with Gasteiger partial charge in [0.05, 0.1) is 6.04 Å². The lowest BCUT2D eigenvalue weighted by molar-refractivity contribution is -0.138. The number of rotatable bonds is 0. The first-order valence-electron chi connectivity index (χ1n) is 12.1. The van der Waals surface area contributed by atoms with E-state index in [4.69, 9.17) is 9.47 Å². The van der Waals surface area contributed by atoms with Crippen molar-refractivity contribution < 1.29 is 19.1 Å². The monoisotopic (exact) mass is 427 g/mol. The molecule has 7 atom stereocenters. The van der Waals surface area contributed by atoms with Crippen LogP contribution in [0.1, 0.15) is 79.6 Å². The molecule has 0 N–H and O–H groups in total. The first-order valence-corrected chi connectivity index (χ1v) is 12.1.